The molecule has 0 spiro atoms. The smallest absolute Gasteiger partial charge is 0.257 e. The molecule has 1 aliphatic carbocycles. The van der Waals surface area contributed by atoms with Crippen molar-refractivity contribution < 1.29 is 9.59 Å². The summed E-state index contributed by atoms with van der Waals surface area (Å²) in [6.45, 7) is 4.37. The molecule has 2 aliphatic rings. The fraction of sp³-hybridized carbons (Fsp3) is 0.346. The summed E-state index contributed by atoms with van der Waals surface area (Å²) in [4.78, 5) is 36.0. The van der Waals surface area contributed by atoms with Gasteiger partial charge in [-0.2, -0.15) is 0 Å². The number of nitrogens with zero attached hydrogens (tertiary/aromatic N) is 3. The van der Waals surface area contributed by atoms with Crippen LogP contribution in [0, 0.1) is 0 Å². The Morgan fingerprint density at radius 1 is 0.970 bits per heavy atom. The third kappa shape index (κ3) is 4.99. The Morgan fingerprint density at radius 3 is 2.39 bits per heavy atom. The van der Waals surface area contributed by atoms with Crippen molar-refractivity contribution in [2.45, 2.75) is 25.2 Å². The number of carbonyl (C=O) groups excluding carboxylic acids is 2. The van der Waals surface area contributed by atoms with E-state index >= 15 is 0 Å². The molecule has 0 bridgehead atoms. The van der Waals surface area contributed by atoms with E-state index in [2.05, 4.69) is 39.5 Å². The number of aryl methyl sites for hydroxylation is 1. The molecule has 1 aromatic heterocycles. The number of hydrogen-bond acceptors (Lipinski definition) is 5. The first-order valence-electron chi connectivity index (χ1n) is 11.6. The molecule has 1 unspecified atom stereocenters. The molecule has 1 aliphatic heterocycles. The zero-order valence-electron chi connectivity index (χ0n) is 18.6. The van der Waals surface area contributed by atoms with Crippen LogP contribution in [0.1, 0.15) is 38.8 Å². The average Bonchev–Trinajstić information content (AvgIpc) is 3.44. The fourth-order valence-corrected chi connectivity index (χ4v) is 5.66. The molecule has 0 saturated carbocycles. The second kappa shape index (κ2) is 9.85. The van der Waals surface area contributed by atoms with Crippen LogP contribution < -0.4 is 5.32 Å². The summed E-state index contributed by atoms with van der Waals surface area (Å²) in [5, 5.41) is 3.48. The molecule has 170 valence electrons. The van der Waals surface area contributed by atoms with E-state index in [0.29, 0.717) is 10.7 Å². The number of aromatic nitrogens is 1. The maximum Gasteiger partial charge on any atom is 0.257 e. The minimum atomic E-state index is -0.186. The number of thiazole rings is 1. The normalized spacial score (nSPS) is 18.2. The standard InChI is InChI=1S/C26H28N4O2S/c31-24(20-9-5-2-6-10-20)28-26-27-23-21(11-12-22(23)33-26)25(32)30-17-15-29(16-18-30)14-13-19-7-3-1-4-8-19/h1-10,21H,11-18H2,(H,27,28,31). The molecular formula is C26H28N4O2S. The molecule has 7 heteroatoms. The van der Waals surface area contributed by atoms with Gasteiger partial charge in [0.25, 0.3) is 5.91 Å². The third-order valence-electron chi connectivity index (χ3n) is 6.52. The maximum atomic E-state index is 13.3. The van der Waals surface area contributed by atoms with Crippen molar-refractivity contribution >= 4 is 28.3 Å². The first-order valence-corrected chi connectivity index (χ1v) is 12.4. The topological polar surface area (TPSA) is 65.5 Å². The minimum Gasteiger partial charge on any atom is -0.340 e. The summed E-state index contributed by atoms with van der Waals surface area (Å²) < 4.78 is 0. The molecule has 1 atom stereocenters. The van der Waals surface area contributed by atoms with E-state index in [1.807, 2.05) is 29.2 Å². The van der Waals surface area contributed by atoms with E-state index in [1.54, 1.807) is 12.1 Å². The highest BCUT2D eigenvalue weighted by Gasteiger charge is 2.36. The number of benzene rings is 2. The van der Waals surface area contributed by atoms with Gasteiger partial charge in [0.15, 0.2) is 5.13 Å². The van der Waals surface area contributed by atoms with E-state index in [-0.39, 0.29) is 17.7 Å². The van der Waals surface area contributed by atoms with Gasteiger partial charge in [-0.3, -0.25) is 19.8 Å². The van der Waals surface area contributed by atoms with Gasteiger partial charge >= 0.3 is 0 Å². The van der Waals surface area contributed by atoms with Crippen molar-refractivity contribution in [1.82, 2.24) is 14.8 Å². The summed E-state index contributed by atoms with van der Waals surface area (Å²) >= 11 is 1.50. The van der Waals surface area contributed by atoms with Gasteiger partial charge in [0.1, 0.15) is 0 Å². The van der Waals surface area contributed by atoms with Gasteiger partial charge < -0.3 is 4.90 Å². The average molecular weight is 461 g/mol. The van der Waals surface area contributed by atoms with Crippen LogP contribution in [0.25, 0.3) is 0 Å². The Bertz CT molecular complexity index is 1110. The van der Waals surface area contributed by atoms with Gasteiger partial charge in [0, 0.05) is 43.2 Å². The van der Waals surface area contributed by atoms with Crippen LogP contribution >= 0.6 is 11.3 Å². The SMILES string of the molecule is O=C(Nc1nc2c(s1)CCC2C(=O)N1CCN(CCc2ccccc2)CC1)c1ccccc1. The van der Waals surface area contributed by atoms with Crippen molar-refractivity contribution in [3.63, 3.8) is 0 Å². The first-order chi connectivity index (χ1) is 16.2. The van der Waals surface area contributed by atoms with Crippen molar-refractivity contribution in [2.75, 3.05) is 38.0 Å². The van der Waals surface area contributed by atoms with Crippen LogP contribution in [-0.4, -0.2) is 59.3 Å². The number of hydrogen-bond donors (Lipinski definition) is 1. The van der Waals surface area contributed by atoms with Crippen molar-refractivity contribution in [3.8, 4) is 0 Å². The number of nitrogens with one attached hydrogen (secondary N) is 1. The molecule has 5 rings (SSSR count). The Morgan fingerprint density at radius 2 is 1.67 bits per heavy atom. The minimum absolute atomic E-state index is 0.169. The highest BCUT2D eigenvalue weighted by Crippen LogP contribution is 2.39. The first kappa shape index (κ1) is 21.8. The molecule has 0 radical (unpaired) electrons. The van der Waals surface area contributed by atoms with Crippen LogP contribution in [0.15, 0.2) is 60.7 Å². The molecule has 1 N–H and O–H groups in total. The highest BCUT2D eigenvalue weighted by atomic mass is 32.1. The quantitative estimate of drug-likeness (QED) is 0.608. The Balaban J connectivity index is 1.15. The molecule has 3 aromatic rings. The zero-order valence-corrected chi connectivity index (χ0v) is 19.4. The molecule has 2 aromatic carbocycles. The van der Waals surface area contributed by atoms with Gasteiger partial charge in [-0.1, -0.05) is 48.5 Å². The molecule has 33 heavy (non-hydrogen) atoms. The number of rotatable bonds is 6. The van der Waals surface area contributed by atoms with Crippen LogP contribution in [0.5, 0.6) is 0 Å². The number of anilines is 1. The van der Waals surface area contributed by atoms with Gasteiger partial charge in [-0.05, 0) is 37.0 Å². The molecule has 2 heterocycles. The van der Waals surface area contributed by atoms with Gasteiger partial charge in [-0.25, -0.2) is 4.98 Å². The lowest BCUT2D eigenvalue weighted by atomic mass is 10.1. The number of amides is 2. The predicted molar refractivity (Wildman–Crippen MR) is 131 cm³/mol. The Labute approximate surface area is 198 Å². The van der Waals surface area contributed by atoms with E-state index in [1.165, 1.54) is 16.9 Å². The maximum absolute atomic E-state index is 13.3. The molecule has 2 amide bonds. The lowest BCUT2D eigenvalue weighted by molar-refractivity contribution is -0.134. The number of piperazine rings is 1. The number of carbonyl (C=O) groups is 2. The summed E-state index contributed by atoms with van der Waals surface area (Å²) in [7, 11) is 0. The van der Waals surface area contributed by atoms with Crippen molar-refractivity contribution in [3.05, 3.63) is 82.4 Å². The fourth-order valence-electron chi connectivity index (χ4n) is 4.62. The molecule has 1 fully saturated rings. The lowest BCUT2D eigenvalue weighted by Crippen LogP contribution is -2.50. The van der Waals surface area contributed by atoms with Crippen LogP contribution in [0.2, 0.25) is 0 Å². The van der Waals surface area contributed by atoms with E-state index in [9.17, 15) is 9.59 Å². The van der Waals surface area contributed by atoms with Crippen molar-refractivity contribution in [2.24, 2.45) is 0 Å². The molecule has 6 nitrogen and oxygen atoms in total. The summed E-state index contributed by atoms with van der Waals surface area (Å²) in [5.41, 5.74) is 2.82. The zero-order chi connectivity index (χ0) is 22.6. The largest absolute Gasteiger partial charge is 0.340 e. The van der Waals surface area contributed by atoms with E-state index < -0.39 is 0 Å². The van der Waals surface area contributed by atoms with E-state index in [0.717, 1.165) is 62.6 Å². The summed E-state index contributed by atoms with van der Waals surface area (Å²) in [5.74, 6) is -0.172. The van der Waals surface area contributed by atoms with Gasteiger partial charge in [-0.15, -0.1) is 11.3 Å². The Hall–Kier alpha value is -3.03. The second-order valence-electron chi connectivity index (χ2n) is 8.64. The van der Waals surface area contributed by atoms with Crippen LogP contribution in [0.3, 0.4) is 0 Å². The van der Waals surface area contributed by atoms with Crippen LogP contribution in [0.4, 0.5) is 5.13 Å². The third-order valence-corrected chi connectivity index (χ3v) is 7.56. The second-order valence-corrected chi connectivity index (χ2v) is 9.72. The van der Waals surface area contributed by atoms with E-state index in [4.69, 9.17) is 0 Å². The number of fused-ring (bicyclic) bond motifs is 1. The monoisotopic (exact) mass is 460 g/mol. The molecular weight excluding hydrogens is 432 g/mol. The van der Waals surface area contributed by atoms with Crippen LogP contribution in [-0.2, 0) is 17.6 Å². The summed E-state index contributed by atoms with van der Waals surface area (Å²) in [6.07, 6.45) is 2.70. The van der Waals surface area contributed by atoms with Gasteiger partial charge in [0.2, 0.25) is 5.91 Å². The predicted octanol–water partition coefficient (Wildman–Crippen LogP) is 3.81. The van der Waals surface area contributed by atoms with Gasteiger partial charge in [0.05, 0.1) is 11.6 Å². The Kier molecular flexibility index (Phi) is 6.51. The lowest BCUT2D eigenvalue weighted by Gasteiger charge is -2.36. The molecule has 1 saturated heterocycles. The summed E-state index contributed by atoms with van der Waals surface area (Å²) in [6, 6.07) is 19.7. The van der Waals surface area contributed by atoms with Crippen molar-refractivity contribution in [1.29, 1.82) is 0 Å². The highest BCUT2D eigenvalue weighted by molar-refractivity contribution is 7.16.